The molecule has 0 saturated heterocycles. The molecule has 0 amide bonds. The van der Waals surface area contributed by atoms with E-state index in [1.165, 1.54) is 18.0 Å². The predicted octanol–water partition coefficient (Wildman–Crippen LogP) is 1.35. The van der Waals surface area contributed by atoms with Gasteiger partial charge in [-0.1, -0.05) is 11.8 Å². The summed E-state index contributed by atoms with van der Waals surface area (Å²) in [5.41, 5.74) is 1.12. The molecule has 0 bridgehead atoms. The van der Waals surface area contributed by atoms with E-state index in [9.17, 15) is 5.21 Å². The van der Waals surface area contributed by atoms with Crippen LogP contribution in [0.4, 0.5) is 0 Å². The number of aromatic nitrogens is 1. The molecule has 3 heteroatoms. The van der Waals surface area contributed by atoms with E-state index in [0.717, 1.165) is 15.3 Å². The maximum absolute atomic E-state index is 10.9. The van der Waals surface area contributed by atoms with E-state index in [-0.39, 0.29) is 0 Å². The molecule has 0 spiro atoms. The van der Waals surface area contributed by atoms with Crippen LogP contribution in [0.15, 0.2) is 23.4 Å². The summed E-state index contributed by atoms with van der Waals surface area (Å²) in [7, 11) is 0. The van der Waals surface area contributed by atoms with Gasteiger partial charge in [-0.05, 0) is 18.7 Å². The largest absolute Gasteiger partial charge is 0.618 e. The van der Waals surface area contributed by atoms with E-state index in [4.69, 9.17) is 0 Å². The van der Waals surface area contributed by atoms with Crippen LogP contribution < -0.4 is 4.73 Å². The van der Waals surface area contributed by atoms with Crippen molar-refractivity contribution in [2.75, 3.05) is 6.26 Å². The molecule has 1 rings (SSSR count). The molecule has 0 atom stereocenters. The zero-order chi connectivity index (χ0) is 7.56. The third-order valence-electron chi connectivity index (χ3n) is 1.25. The van der Waals surface area contributed by atoms with Crippen LogP contribution in [-0.2, 0) is 0 Å². The van der Waals surface area contributed by atoms with Crippen molar-refractivity contribution in [3.8, 4) is 0 Å². The molecular formula is C7H9NOS. The molecule has 0 unspecified atom stereocenters. The summed E-state index contributed by atoms with van der Waals surface area (Å²) in [6.45, 7) is 1.97. The minimum absolute atomic E-state index is 0.750. The Balaban J connectivity index is 3.09. The second kappa shape index (κ2) is 2.92. The highest BCUT2D eigenvalue weighted by molar-refractivity contribution is 7.98. The molecule has 0 fully saturated rings. The van der Waals surface area contributed by atoms with Crippen molar-refractivity contribution in [2.24, 2.45) is 0 Å². The highest BCUT2D eigenvalue weighted by Crippen LogP contribution is 2.09. The van der Waals surface area contributed by atoms with Gasteiger partial charge in [0, 0.05) is 12.1 Å². The minimum atomic E-state index is 0.750. The number of thioether (sulfide) groups is 1. The predicted molar refractivity (Wildman–Crippen MR) is 41.9 cm³/mol. The highest BCUT2D eigenvalue weighted by Gasteiger charge is 2.00. The molecule has 54 valence electrons. The number of pyridine rings is 1. The minimum Gasteiger partial charge on any atom is -0.618 e. The Hall–Kier alpha value is -0.700. The van der Waals surface area contributed by atoms with Crippen molar-refractivity contribution in [1.29, 1.82) is 0 Å². The number of rotatable bonds is 1. The zero-order valence-electron chi connectivity index (χ0n) is 6.00. The average Bonchev–Trinajstić information content (AvgIpc) is 1.94. The number of aryl methyl sites for hydroxylation is 1. The highest BCUT2D eigenvalue weighted by atomic mass is 32.2. The van der Waals surface area contributed by atoms with Gasteiger partial charge in [0.25, 0.3) is 5.03 Å². The quantitative estimate of drug-likeness (QED) is 0.348. The standard InChI is InChI=1S/C7H9NOS/c1-6-3-4-8(9)7(5-6)10-2/h3-5H,1-2H3. The molecule has 0 aliphatic heterocycles. The van der Waals surface area contributed by atoms with Crippen LogP contribution in [0.2, 0.25) is 0 Å². The van der Waals surface area contributed by atoms with E-state index < -0.39 is 0 Å². The van der Waals surface area contributed by atoms with Gasteiger partial charge in [-0.3, -0.25) is 0 Å². The Kier molecular flexibility index (Phi) is 2.17. The Morgan fingerprint density at radius 2 is 2.30 bits per heavy atom. The lowest BCUT2D eigenvalue weighted by Gasteiger charge is -2.00. The van der Waals surface area contributed by atoms with Gasteiger partial charge in [-0.25, -0.2) is 0 Å². The normalized spacial score (nSPS) is 9.80. The van der Waals surface area contributed by atoms with Crippen molar-refractivity contribution < 1.29 is 4.73 Å². The van der Waals surface area contributed by atoms with E-state index in [2.05, 4.69) is 0 Å². The average molecular weight is 155 g/mol. The smallest absolute Gasteiger partial charge is 0.251 e. The monoisotopic (exact) mass is 155 g/mol. The summed E-state index contributed by atoms with van der Waals surface area (Å²) < 4.78 is 0.873. The van der Waals surface area contributed by atoms with Crippen LogP contribution in [0.25, 0.3) is 0 Å². The lowest BCUT2D eigenvalue weighted by Crippen LogP contribution is -2.27. The topological polar surface area (TPSA) is 26.9 Å². The first-order valence-corrected chi connectivity index (χ1v) is 4.20. The fourth-order valence-electron chi connectivity index (χ4n) is 0.714. The number of hydrogen-bond acceptors (Lipinski definition) is 2. The summed E-state index contributed by atoms with van der Waals surface area (Å²) in [6.07, 6.45) is 3.42. The molecule has 0 N–H and O–H groups in total. The molecule has 0 radical (unpaired) electrons. The van der Waals surface area contributed by atoms with Crippen LogP contribution in [0.1, 0.15) is 5.56 Å². The van der Waals surface area contributed by atoms with E-state index in [1.54, 1.807) is 6.07 Å². The van der Waals surface area contributed by atoms with E-state index in [1.807, 2.05) is 19.2 Å². The van der Waals surface area contributed by atoms with Gasteiger partial charge in [0.2, 0.25) is 0 Å². The molecule has 0 aliphatic rings. The van der Waals surface area contributed by atoms with Gasteiger partial charge < -0.3 is 5.21 Å². The van der Waals surface area contributed by atoms with Crippen LogP contribution in [0.3, 0.4) is 0 Å². The van der Waals surface area contributed by atoms with E-state index >= 15 is 0 Å². The van der Waals surface area contributed by atoms with Gasteiger partial charge in [0.15, 0.2) is 6.20 Å². The lowest BCUT2D eigenvalue weighted by atomic mass is 10.3. The first kappa shape index (κ1) is 7.41. The Labute approximate surface area is 64.5 Å². The number of nitrogens with zero attached hydrogens (tertiary/aromatic N) is 1. The molecule has 10 heavy (non-hydrogen) atoms. The molecule has 0 saturated carbocycles. The van der Waals surface area contributed by atoms with Crippen molar-refractivity contribution >= 4 is 11.8 Å². The third-order valence-corrected chi connectivity index (χ3v) is 1.97. The summed E-state index contributed by atoms with van der Waals surface area (Å²) in [5, 5.41) is 11.6. The van der Waals surface area contributed by atoms with Crippen molar-refractivity contribution in [2.45, 2.75) is 11.9 Å². The van der Waals surface area contributed by atoms with Crippen molar-refractivity contribution in [3.05, 3.63) is 29.1 Å². The lowest BCUT2D eigenvalue weighted by molar-refractivity contribution is -0.645. The third kappa shape index (κ3) is 1.42. The summed E-state index contributed by atoms with van der Waals surface area (Å²) in [5.74, 6) is 0. The first-order valence-electron chi connectivity index (χ1n) is 2.98. The van der Waals surface area contributed by atoms with Crippen LogP contribution in [-0.4, -0.2) is 6.26 Å². The molecule has 1 aromatic rings. The molecule has 0 aromatic carbocycles. The SMILES string of the molecule is CSc1cc(C)cc[n+]1[O-]. The summed E-state index contributed by atoms with van der Waals surface area (Å²) in [6, 6.07) is 3.67. The van der Waals surface area contributed by atoms with Gasteiger partial charge in [-0.15, -0.1) is 0 Å². The van der Waals surface area contributed by atoms with Gasteiger partial charge in [0.05, 0.1) is 0 Å². The Morgan fingerprint density at radius 3 is 2.80 bits per heavy atom. The van der Waals surface area contributed by atoms with E-state index in [0.29, 0.717) is 0 Å². The molecule has 1 aromatic heterocycles. The molecular weight excluding hydrogens is 146 g/mol. The summed E-state index contributed by atoms with van der Waals surface area (Å²) >= 11 is 1.46. The maximum atomic E-state index is 10.9. The van der Waals surface area contributed by atoms with Gasteiger partial charge in [-0.2, -0.15) is 4.73 Å². The van der Waals surface area contributed by atoms with Crippen LogP contribution in [0.5, 0.6) is 0 Å². The van der Waals surface area contributed by atoms with Gasteiger partial charge in [0.1, 0.15) is 0 Å². The maximum Gasteiger partial charge on any atom is 0.251 e. The van der Waals surface area contributed by atoms with Crippen LogP contribution in [0, 0.1) is 12.1 Å². The number of hydrogen-bond donors (Lipinski definition) is 0. The second-order valence-electron chi connectivity index (χ2n) is 2.07. The molecule has 2 nitrogen and oxygen atoms in total. The first-order chi connectivity index (χ1) is 4.74. The van der Waals surface area contributed by atoms with Crippen LogP contribution >= 0.6 is 11.8 Å². The molecule has 0 aliphatic carbocycles. The Bertz CT molecular complexity index is 237. The molecule has 1 heterocycles. The Morgan fingerprint density at radius 1 is 1.60 bits per heavy atom. The second-order valence-corrected chi connectivity index (χ2v) is 2.90. The fraction of sp³-hybridized carbons (Fsp3) is 0.286. The fourth-order valence-corrected chi connectivity index (χ4v) is 1.26. The zero-order valence-corrected chi connectivity index (χ0v) is 6.81. The summed E-state index contributed by atoms with van der Waals surface area (Å²) in [4.78, 5) is 0. The van der Waals surface area contributed by atoms with Crippen molar-refractivity contribution in [1.82, 2.24) is 0 Å². The van der Waals surface area contributed by atoms with Crippen molar-refractivity contribution in [3.63, 3.8) is 0 Å². The van der Waals surface area contributed by atoms with Gasteiger partial charge >= 0.3 is 0 Å².